The lowest BCUT2D eigenvalue weighted by Crippen LogP contribution is -2.51. The first-order valence-corrected chi connectivity index (χ1v) is 10.1. The number of hydrogen-bond donors (Lipinski definition) is 2. The Hall–Kier alpha value is -2.07. The topological polar surface area (TPSA) is 105 Å². The lowest BCUT2D eigenvalue weighted by Gasteiger charge is -2.37. The molecule has 1 fully saturated rings. The Balaban J connectivity index is 1.97. The monoisotopic (exact) mass is 402 g/mol. The van der Waals surface area contributed by atoms with Gasteiger partial charge in [-0.15, -0.1) is 0 Å². The molecule has 1 saturated heterocycles. The highest BCUT2D eigenvalue weighted by molar-refractivity contribution is 7.87. The lowest BCUT2D eigenvalue weighted by molar-refractivity contribution is 0.0566. The Morgan fingerprint density at radius 1 is 1.33 bits per heavy atom. The van der Waals surface area contributed by atoms with Crippen molar-refractivity contribution in [1.82, 2.24) is 9.03 Å². The summed E-state index contributed by atoms with van der Waals surface area (Å²) in [4.78, 5) is 13.8. The standard InChI is InChI=1S/C17H27FN4O4S/c1-17(2,3)26-16(23)20-27(24,25)21(4)13-7-9-22(10-8-13)15-6-5-12(18)11-14(15)19/h5-6,11,13H,7-10,19H2,1-4H3,(H,20,23). The third kappa shape index (κ3) is 5.70. The number of carbonyl (C=O) groups is 1. The largest absolute Gasteiger partial charge is 0.443 e. The molecule has 1 aliphatic heterocycles. The van der Waals surface area contributed by atoms with Crippen LogP contribution in [0.3, 0.4) is 0 Å². The predicted molar refractivity (Wildman–Crippen MR) is 102 cm³/mol. The van der Waals surface area contributed by atoms with Crippen LogP contribution in [0, 0.1) is 5.82 Å². The van der Waals surface area contributed by atoms with E-state index in [0.29, 0.717) is 31.6 Å². The van der Waals surface area contributed by atoms with E-state index < -0.39 is 27.7 Å². The van der Waals surface area contributed by atoms with Crippen molar-refractivity contribution < 1.29 is 22.3 Å². The molecule has 8 nitrogen and oxygen atoms in total. The van der Waals surface area contributed by atoms with Crippen LogP contribution < -0.4 is 15.4 Å². The van der Waals surface area contributed by atoms with Gasteiger partial charge >= 0.3 is 16.3 Å². The van der Waals surface area contributed by atoms with Gasteiger partial charge in [0, 0.05) is 26.2 Å². The number of halogens is 1. The molecule has 0 atom stereocenters. The number of nitrogen functional groups attached to an aromatic ring is 1. The van der Waals surface area contributed by atoms with E-state index in [-0.39, 0.29) is 6.04 Å². The zero-order valence-corrected chi connectivity index (χ0v) is 16.8. The molecule has 10 heteroatoms. The van der Waals surface area contributed by atoms with Gasteiger partial charge in [0.2, 0.25) is 0 Å². The van der Waals surface area contributed by atoms with E-state index in [2.05, 4.69) is 0 Å². The fourth-order valence-electron chi connectivity index (χ4n) is 2.96. The van der Waals surface area contributed by atoms with E-state index in [0.717, 1.165) is 9.99 Å². The van der Waals surface area contributed by atoms with Crippen molar-refractivity contribution in [2.24, 2.45) is 0 Å². The number of nitrogens with zero attached hydrogens (tertiary/aromatic N) is 2. The molecule has 27 heavy (non-hydrogen) atoms. The average Bonchev–Trinajstić information content (AvgIpc) is 2.52. The van der Waals surface area contributed by atoms with E-state index in [1.807, 2.05) is 9.62 Å². The highest BCUT2D eigenvalue weighted by Crippen LogP contribution is 2.28. The van der Waals surface area contributed by atoms with Crippen LogP contribution in [0.5, 0.6) is 0 Å². The van der Waals surface area contributed by atoms with E-state index in [4.69, 9.17) is 10.5 Å². The maximum absolute atomic E-state index is 13.2. The summed E-state index contributed by atoms with van der Waals surface area (Å²) in [5.74, 6) is -0.398. The van der Waals surface area contributed by atoms with Crippen molar-refractivity contribution in [3.8, 4) is 0 Å². The van der Waals surface area contributed by atoms with Gasteiger partial charge in [0.15, 0.2) is 0 Å². The first-order chi connectivity index (χ1) is 12.4. The fraction of sp³-hybridized carbons (Fsp3) is 0.588. The molecule has 0 aliphatic carbocycles. The molecule has 1 heterocycles. The SMILES string of the molecule is CN(C1CCN(c2ccc(F)cc2N)CC1)S(=O)(=O)NC(=O)OC(C)(C)C. The number of nitrogens with two attached hydrogens (primary N) is 1. The van der Waals surface area contributed by atoms with Crippen LogP contribution in [0.15, 0.2) is 18.2 Å². The summed E-state index contributed by atoms with van der Waals surface area (Å²) in [6, 6.07) is 3.96. The van der Waals surface area contributed by atoms with Crippen LogP contribution in [-0.4, -0.2) is 50.6 Å². The normalized spacial score (nSPS) is 16.4. The summed E-state index contributed by atoms with van der Waals surface area (Å²) in [6.07, 6.45) is 0.0799. The molecule has 0 unspecified atom stereocenters. The number of anilines is 2. The molecule has 0 aromatic heterocycles. The van der Waals surface area contributed by atoms with Gasteiger partial charge in [0.05, 0.1) is 11.4 Å². The third-order valence-corrected chi connectivity index (χ3v) is 5.78. The Morgan fingerprint density at radius 2 is 1.93 bits per heavy atom. The minimum Gasteiger partial charge on any atom is -0.443 e. The molecule has 1 aromatic carbocycles. The van der Waals surface area contributed by atoms with Gasteiger partial charge in [-0.2, -0.15) is 12.7 Å². The second-order valence-electron chi connectivity index (χ2n) is 7.55. The number of carbonyl (C=O) groups excluding carboxylic acids is 1. The van der Waals surface area contributed by atoms with Crippen molar-refractivity contribution in [2.75, 3.05) is 30.8 Å². The molecule has 0 spiro atoms. The van der Waals surface area contributed by atoms with Gasteiger partial charge in [-0.1, -0.05) is 0 Å². The number of amides is 1. The van der Waals surface area contributed by atoms with E-state index in [1.165, 1.54) is 19.2 Å². The average molecular weight is 402 g/mol. The Bertz CT molecular complexity index is 787. The first-order valence-electron chi connectivity index (χ1n) is 8.68. The summed E-state index contributed by atoms with van der Waals surface area (Å²) in [6.45, 7) is 6.08. The van der Waals surface area contributed by atoms with Crippen LogP contribution in [0.4, 0.5) is 20.6 Å². The minimum absolute atomic E-state index is 0.275. The van der Waals surface area contributed by atoms with Gasteiger partial charge in [-0.25, -0.2) is 13.9 Å². The molecule has 1 aliphatic rings. The highest BCUT2D eigenvalue weighted by Gasteiger charge is 2.32. The fourth-order valence-corrected chi connectivity index (χ4v) is 3.96. The molecular formula is C17H27FN4O4S. The van der Waals surface area contributed by atoms with Gasteiger partial charge in [-0.05, 0) is 51.8 Å². The van der Waals surface area contributed by atoms with Crippen molar-refractivity contribution in [2.45, 2.75) is 45.3 Å². The lowest BCUT2D eigenvalue weighted by atomic mass is 10.0. The smallest absolute Gasteiger partial charge is 0.422 e. The van der Waals surface area contributed by atoms with Crippen molar-refractivity contribution in [1.29, 1.82) is 0 Å². The highest BCUT2D eigenvalue weighted by atomic mass is 32.2. The molecule has 0 bridgehead atoms. The zero-order valence-electron chi connectivity index (χ0n) is 16.0. The van der Waals surface area contributed by atoms with Gasteiger partial charge < -0.3 is 15.4 Å². The zero-order chi connectivity index (χ0) is 20.4. The van der Waals surface area contributed by atoms with Crippen LogP contribution >= 0.6 is 0 Å². The van der Waals surface area contributed by atoms with Crippen LogP contribution in [0.25, 0.3) is 0 Å². The number of nitrogens with one attached hydrogen (secondary N) is 1. The molecule has 0 saturated carbocycles. The Kier molecular flexibility index (Phi) is 6.21. The number of rotatable bonds is 4. The summed E-state index contributed by atoms with van der Waals surface area (Å²) >= 11 is 0. The molecular weight excluding hydrogens is 375 g/mol. The Morgan fingerprint density at radius 3 is 2.44 bits per heavy atom. The summed E-state index contributed by atoms with van der Waals surface area (Å²) in [7, 11) is -2.58. The second-order valence-corrected chi connectivity index (χ2v) is 9.28. The third-order valence-electron chi connectivity index (χ3n) is 4.30. The summed E-state index contributed by atoms with van der Waals surface area (Å²) in [5, 5.41) is 0. The first kappa shape index (κ1) is 21.2. The van der Waals surface area contributed by atoms with E-state index >= 15 is 0 Å². The summed E-state index contributed by atoms with van der Waals surface area (Å²) < 4.78 is 46.1. The van der Waals surface area contributed by atoms with Crippen LogP contribution in [0.1, 0.15) is 33.6 Å². The van der Waals surface area contributed by atoms with Crippen LogP contribution in [-0.2, 0) is 14.9 Å². The van der Waals surface area contributed by atoms with Crippen molar-refractivity contribution in [3.05, 3.63) is 24.0 Å². The maximum Gasteiger partial charge on any atom is 0.422 e. The van der Waals surface area contributed by atoms with Gasteiger partial charge in [-0.3, -0.25) is 0 Å². The van der Waals surface area contributed by atoms with Gasteiger partial charge in [0.1, 0.15) is 11.4 Å². The maximum atomic E-state index is 13.2. The molecule has 3 N–H and O–H groups in total. The molecule has 1 amide bonds. The predicted octanol–water partition coefficient (Wildman–Crippen LogP) is 2.08. The van der Waals surface area contributed by atoms with Crippen LogP contribution in [0.2, 0.25) is 0 Å². The minimum atomic E-state index is -4.01. The molecule has 0 radical (unpaired) electrons. The van der Waals surface area contributed by atoms with Crippen molar-refractivity contribution in [3.63, 3.8) is 0 Å². The molecule has 1 aromatic rings. The number of piperidine rings is 1. The second kappa shape index (κ2) is 7.89. The number of ether oxygens (including phenoxy) is 1. The van der Waals surface area contributed by atoms with E-state index in [9.17, 15) is 17.6 Å². The summed E-state index contributed by atoms with van der Waals surface area (Å²) in [5.41, 5.74) is 6.16. The van der Waals surface area contributed by atoms with Gasteiger partial charge in [0.25, 0.3) is 0 Å². The Labute approximate surface area is 159 Å². The molecule has 2 rings (SSSR count). The molecule has 152 valence electrons. The number of hydrogen-bond acceptors (Lipinski definition) is 6. The number of benzene rings is 1. The quantitative estimate of drug-likeness (QED) is 0.747. The van der Waals surface area contributed by atoms with Crippen molar-refractivity contribution >= 4 is 27.7 Å². The van der Waals surface area contributed by atoms with E-state index in [1.54, 1.807) is 26.8 Å².